The molecule has 3 atom stereocenters. The van der Waals surface area contributed by atoms with Gasteiger partial charge in [-0.1, -0.05) is 41.5 Å². The Bertz CT molecular complexity index is 548. The molecule has 0 heterocycles. The third-order valence-corrected chi connectivity index (χ3v) is 5.04. The van der Waals surface area contributed by atoms with Crippen LogP contribution in [0.1, 0.15) is 61.3 Å². The molecule has 162 valence electrons. The molecule has 0 saturated heterocycles. The van der Waals surface area contributed by atoms with E-state index in [1.165, 1.54) is 9.80 Å². The molecule has 0 aliphatic heterocycles. The summed E-state index contributed by atoms with van der Waals surface area (Å²) in [7, 11) is 3.15. The second-order valence-electron chi connectivity index (χ2n) is 8.87. The van der Waals surface area contributed by atoms with Crippen molar-refractivity contribution in [3.63, 3.8) is 0 Å². The smallest absolute Gasteiger partial charge is 0.246 e. The molecule has 0 aliphatic rings. The van der Waals surface area contributed by atoms with Crippen molar-refractivity contribution >= 4 is 24.4 Å². The Hall–Kier alpha value is -1.76. The summed E-state index contributed by atoms with van der Waals surface area (Å²) in [6.45, 7) is 13.2. The number of amides is 2. The SMILES string of the molecule is CC(C)CC(=O)N(C)[C@H](C)C(=O)N(C)[C@](C=O)(CC(C)C)N[C@@H](C=O)C(C)C. The third-order valence-electron chi connectivity index (χ3n) is 5.04. The van der Waals surface area contributed by atoms with Gasteiger partial charge >= 0.3 is 0 Å². The molecule has 0 aliphatic carbocycles. The summed E-state index contributed by atoms with van der Waals surface area (Å²) in [6, 6.07) is -1.30. The van der Waals surface area contributed by atoms with E-state index in [0.717, 1.165) is 6.29 Å². The number of aldehydes is 2. The van der Waals surface area contributed by atoms with Crippen LogP contribution in [0.25, 0.3) is 0 Å². The lowest BCUT2D eigenvalue weighted by molar-refractivity contribution is -0.151. The van der Waals surface area contributed by atoms with Crippen LogP contribution in [0.3, 0.4) is 0 Å². The van der Waals surface area contributed by atoms with Gasteiger partial charge in [0.15, 0.2) is 11.9 Å². The highest BCUT2D eigenvalue weighted by Gasteiger charge is 2.42. The summed E-state index contributed by atoms with van der Waals surface area (Å²) in [5, 5.41) is 3.10. The first-order valence-electron chi connectivity index (χ1n) is 10.1. The lowest BCUT2D eigenvalue weighted by Crippen LogP contribution is -2.67. The zero-order chi connectivity index (χ0) is 22.2. The molecule has 28 heavy (non-hydrogen) atoms. The number of likely N-dealkylation sites (N-methyl/N-ethyl adjacent to an activating group) is 2. The fourth-order valence-corrected chi connectivity index (χ4v) is 3.07. The number of rotatable bonds is 12. The molecule has 2 amide bonds. The minimum absolute atomic E-state index is 0.0415. The summed E-state index contributed by atoms with van der Waals surface area (Å²) in [5.74, 6) is -0.228. The van der Waals surface area contributed by atoms with E-state index in [1.807, 2.05) is 41.5 Å². The highest BCUT2D eigenvalue weighted by Crippen LogP contribution is 2.22. The fourth-order valence-electron chi connectivity index (χ4n) is 3.07. The molecule has 0 aromatic heterocycles. The quantitative estimate of drug-likeness (QED) is 0.402. The highest BCUT2D eigenvalue weighted by atomic mass is 16.2. The molecule has 0 fully saturated rings. The van der Waals surface area contributed by atoms with Crippen molar-refractivity contribution in [1.82, 2.24) is 15.1 Å². The van der Waals surface area contributed by atoms with Crippen LogP contribution in [0, 0.1) is 17.8 Å². The summed E-state index contributed by atoms with van der Waals surface area (Å²) < 4.78 is 0. The van der Waals surface area contributed by atoms with Gasteiger partial charge < -0.3 is 14.6 Å². The molecular formula is C21H39N3O4. The number of hydrogen-bond donors (Lipinski definition) is 1. The van der Waals surface area contributed by atoms with Crippen LogP contribution in [0.2, 0.25) is 0 Å². The molecule has 7 heteroatoms. The topological polar surface area (TPSA) is 86.8 Å². The van der Waals surface area contributed by atoms with Crippen molar-refractivity contribution in [3.05, 3.63) is 0 Å². The van der Waals surface area contributed by atoms with E-state index in [9.17, 15) is 19.2 Å². The molecule has 0 aromatic rings. The number of carbonyl (C=O) groups is 4. The maximum atomic E-state index is 13.1. The maximum Gasteiger partial charge on any atom is 0.246 e. The molecule has 0 saturated carbocycles. The van der Waals surface area contributed by atoms with Crippen LogP contribution in [0.4, 0.5) is 0 Å². The largest absolute Gasteiger partial charge is 0.334 e. The molecule has 7 nitrogen and oxygen atoms in total. The first-order chi connectivity index (χ1) is 12.8. The summed E-state index contributed by atoms with van der Waals surface area (Å²) in [5.41, 5.74) is -1.32. The number of nitrogens with one attached hydrogen (secondary N) is 1. The minimum Gasteiger partial charge on any atom is -0.334 e. The van der Waals surface area contributed by atoms with Gasteiger partial charge in [-0.25, -0.2) is 0 Å². The van der Waals surface area contributed by atoms with Crippen molar-refractivity contribution < 1.29 is 19.2 Å². The Morgan fingerprint density at radius 3 is 1.86 bits per heavy atom. The van der Waals surface area contributed by atoms with Crippen LogP contribution in [-0.2, 0) is 19.2 Å². The Kier molecular flexibility index (Phi) is 10.6. The summed E-state index contributed by atoms with van der Waals surface area (Å²) in [4.78, 5) is 52.0. The van der Waals surface area contributed by atoms with Gasteiger partial charge in [0.2, 0.25) is 11.8 Å². The van der Waals surface area contributed by atoms with Gasteiger partial charge in [-0.15, -0.1) is 0 Å². The van der Waals surface area contributed by atoms with E-state index in [1.54, 1.807) is 21.0 Å². The average Bonchev–Trinajstić information content (AvgIpc) is 2.61. The van der Waals surface area contributed by atoms with Gasteiger partial charge in [0.05, 0.1) is 6.04 Å². The van der Waals surface area contributed by atoms with Gasteiger partial charge in [0, 0.05) is 20.5 Å². The molecule has 0 radical (unpaired) electrons. The highest BCUT2D eigenvalue weighted by molar-refractivity contribution is 5.89. The van der Waals surface area contributed by atoms with Gasteiger partial charge in [0.1, 0.15) is 12.3 Å². The van der Waals surface area contributed by atoms with Crippen LogP contribution >= 0.6 is 0 Å². The molecule has 0 rings (SSSR count). The monoisotopic (exact) mass is 397 g/mol. The van der Waals surface area contributed by atoms with Crippen LogP contribution in [0.5, 0.6) is 0 Å². The predicted molar refractivity (Wildman–Crippen MR) is 111 cm³/mol. The molecule has 0 aromatic carbocycles. The average molecular weight is 398 g/mol. The zero-order valence-electron chi connectivity index (χ0n) is 19.0. The molecule has 0 unspecified atom stereocenters. The zero-order valence-corrected chi connectivity index (χ0v) is 19.0. The first kappa shape index (κ1) is 26.2. The van der Waals surface area contributed by atoms with Crippen LogP contribution < -0.4 is 5.32 Å². The molecule has 0 bridgehead atoms. The van der Waals surface area contributed by atoms with Crippen molar-refractivity contribution in [3.8, 4) is 0 Å². The van der Waals surface area contributed by atoms with Crippen molar-refractivity contribution in [1.29, 1.82) is 0 Å². The predicted octanol–water partition coefficient (Wildman–Crippen LogP) is 2.09. The number of carbonyl (C=O) groups excluding carboxylic acids is 4. The van der Waals surface area contributed by atoms with Crippen LogP contribution in [-0.4, -0.2) is 66.0 Å². The Morgan fingerprint density at radius 2 is 1.50 bits per heavy atom. The first-order valence-corrected chi connectivity index (χ1v) is 10.1. The summed E-state index contributed by atoms with van der Waals surface area (Å²) in [6.07, 6.45) is 2.17. The van der Waals surface area contributed by atoms with Crippen LogP contribution in [0.15, 0.2) is 0 Å². The number of nitrogens with zero attached hydrogens (tertiary/aromatic N) is 2. The van der Waals surface area contributed by atoms with E-state index < -0.39 is 17.7 Å². The number of hydrogen-bond acceptors (Lipinski definition) is 5. The second-order valence-corrected chi connectivity index (χ2v) is 8.87. The van der Waals surface area contributed by atoms with Gasteiger partial charge in [-0.2, -0.15) is 0 Å². The van der Waals surface area contributed by atoms with E-state index in [-0.39, 0.29) is 29.6 Å². The Morgan fingerprint density at radius 1 is 0.964 bits per heavy atom. The second kappa shape index (κ2) is 11.3. The Balaban J connectivity index is 5.75. The molecule has 0 spiro atoms. The van der Waals surface area contributed by atoms with Gasteiger partial charge in [-0.3, -0.25) is 19.7 Å². The van der Waals surface area contributed by atoms with E-state index in [2.05, 4.69) is 5.32 Å². The lowest BCUT2D eigenvalue weighted by atomic mass is 9.93. The lowest BCUT2D eigenvalue weighted by Gasteiger charge is -2.43. The van der Waals surface area contributed by atoms with Crippen molar-refractivity contribution in [2.45, 2.75) is 79.1 Å². The Labute approximate surface area is 170 Å². The normalized spacial score (nSPS) is 15.9. The van der Waals surface area contributed by atoms with Crippen molar-refractivity contribution in [2.75, 3.05) is 14.1 Å². The standard InChI is InChI=1S/C21H39N3O4/c1-14(2)10-19(27)23(8)17(7)20(28)24(9)21(13-26,11-15(3)4)22-18(12-25)16(5)6/h12-18,22H,10-11H2,1-9H3/t17-,18+,21+/m1/s1. The molecular weight excluding hydrogens is 358 g/mol. The minimum atomic E-state index is -1.32. The van der Waals surface area contributed by atoms with E-state index in [4.69, 9.17) is 0 Å². The fraction of sp³-hybridized carbons (Fsp3) is 0.810. The molecule has 1 N–H and O–H groups in total. The van der Waals surface area contributed by atoms with Gasteiger partial charge in [0.25, 0.3) is 0 Å². The third kappa shape index (κ3) is 7.00. The van der Waals surface area contributed by atoms with E-state index in [0.29, 0.717) is 19.1 Å². The van der Waals surface area contributed by atoms with Crippen molar-refractivity contribution in [2.24, 2.45) is 17.8 Å². The maximum absolute atomic E-state index is 13.1. The van der Waals surface area contributed by atoms with E-state index >= 15 is 0 Å². The summed E-state index contributed by atoms with van der Waals surface area (Å²) >= 11 is 0. The van der Waals surface area contributed by atoms with Gasteiger partial charge in [-0.05, 0) is 31.1 Å².